The van der Waals surface area contributed by atoms with Crippen LogP contribution >= 0.6 is 11.9 Å². The number of fused-ring (bicyclic) bond motifs is 1. The zero-order valence-corrected chi connectivity index (χ0v) is 19.6. The normalized spacial score (nSPS) is 16.6. The standard InChI is InChI=1S/C24H31N3O3S/c1-5-18-16-25-27-12-9-19(15-20(18)27)23-21(29-3)7-6-8-22(23)31-26-13-10-24(30-4,11-14-26)17-28-2/h6-9,12,15-16H,5,10-11,13-14,17H2,1-4H3. The van der Waals surface area contributed by atoms with E-state index in [4.69, 9.17) is 14.2 Å². The topological polar surface area (TPSA) is 48.2 Å². The van der Waals surface area contributed by atoms with E-state index in [1.165, 1.54) is 10.5 Å². The Morgan fingerprint density at radius 1 is 1.13 bits per heavy atom. The molecule has 0 amide bonds. The van der Waals surface area contributed by atoms with Crippen LogP contribution in [0.25, 0.3) is 16.6 Å². The van der Waals surface area contributed by atoms with Crippen molar-refractivity contribution in [1.29, 1.82) is 0 Å². The first-order valence-corrected chi connectivity index (χ1v) is 11.5. The highest BCUT2D eigenvalue weighted by Gasteiger charge is 2.35. The Morgan fingerprint density at radius 3 is 2.61 bits per heavy atom. The van der Waals surface area contributed by atoms with Gasteiger partial charge in [-0.3, -0.25) is 0 Å². The number of hydrogen-bond acceptors (Lipinski definition) is 6. The van der Waals surface area contributed by atoms with Crippen LogP contribution in [-0.2, 0) is 15.9 Å². The Kier molecular flexibility index (Phi) is 6.86. The summed E-state index contributed by atoms with van der Waals surface area (Å²) in [6.45, 7) is 4.69. The Morgan fingerprint density at radius 2 is 1.94 bits per heavy atom. The number of methoxy groups -OCH3 is 3. The summed E-state index contributed by atoms with van der Waals surface area (Å²) in [5, 5.41) is 4.47. The fourth-order valence-electron chi connectivity index (χ4n) is 4.30. The van der Waals surface area contributed by atoms with Crippen molar-refractivity contribution in [2.24, 2.45) is 0 Å². The molecule has 7 heteroatoms. The van der Waals surface area contributed by atoms with Crippen LogP contribution in [0.2, 0.25) is 0 Å². The minimum absolute atomic E-state index is 0.174. The highest BCUT2D eigenvalue weighted by molar-refractivity contribution is 7.97. The molecule has 4 rings (SSSR count). The van der Waals surface area contributed by atoms with Gasteiger partial charge in [0.25, 0.3) is 0 Å². The molecule has 0 N–H and O–H groups in total. The van der Waals surface area contributed by atoms with Crippen molar-refractivity contribution in [2.75, 3.05) is 41.0 Å². The van der Waals surface area contributed by atoms with Gasteiger partial charge in [0.1, 0.15) is 5.75 Å². The smallest absolute Gasteiger partial charge is 0.127 e. The van der Waals surface area contributed by atoms with Crippen LogP contribution in [0.15, 0.2) is 47.6 Å². The third-order valence-electron chi connectivity index (χ3n) is 6.18. The van der Waals surface area contributed by atoms with Gasteiger partial charge in [-0.2, -0.15) is 5.10 Å². The van der Waals surface area contributed by atoms with Gasteiger partial charge in [-0.1, -0.05) is 13.0 Å². The summed E-state index contributed by atoms with van der Waals surface area (Å²) in [5.41, 5.74) is 4.49. The molecule has 2 aromatic heterocycles. The van der Waals surface area contributed by atoms with E-state index < -0.39 is 0 Å². The lowest BCUT2D eigenvalue weighted by Crippen LogP contribution is -2.46. The van der Waals surface area contributed by atoms with Crippen LogP contribution in [0, 0.1) is 0 Å². The number of benzene rings is 1. The highest BCUT2D eigenvalue weighted by Crippen LogP contribution is 2.42. The number of hydrogen-bond donors (Lipinski definition) is 0. The molecule has 0 radical (unpaired) electrons. The monoisotopic (exact) mass is 441 g/mol. The SMILES string of the molecule is CCc1cnn2ccc(-c3c(OC)cccc3SN3CCC(COC)(OC)CC3)cc12. The van der Waals surface area contributed by atoms with Gasteiger partial charge in [0, 0.05) is 44.0 Å². The van der Waals surface area contributed by atoms with Crippen LogP contribution in [-0.4, -0.2) is 60.5 Å². The van der Waals surface area contributed by atoms with Gasteiger partial charge in [0.2, 0.25) is 0 Å². The van der Waals surface area contributed by atoms with Gasteiger partial charge < -0.3 is 14.2 Å². The second-order valence-corrected chi connectivity index (χ2v) is 9.08. The molecule has 1 aliphatic heterocycles. The summed E-state index contributed by atoms with van der Waals surface area (Å²) in [7, 11) is 5.27. The lowest BCUT2D eigenvalue weighted by molar-refractivity contribution is -0.0891. The van der Waals surface area contributed by atoms with E-state index in [0.717, 1.165) is 54.7 Å². The Bertz CT molecular complexity index is 1030. The van der Waals surface area contributed by atoms with E-state index >= 15 is 0 Å². The third kappa shape index (κ3) is 4.46. The molecule has 1 saturated heterocycles. The molecule has 1 aliphatic rings. The predicted octanol–water partition coefficient (Wildman–Crippen LogP) is 4.71. The van der Waals surface area contributed by atoms with E-state index in [2.05, 4.69) is 40.6 Å². The first-order chi connectivity index (χ1) is 15.1. The minimum Gasteiger partial charge on any atom is -0.496 e. The molecule has 0 spiro atoms. The van der Waals surface area contributed by atoms with Crippen LogP contribution < -0.4 is 4.74 Å². The minimum atomic E-state index is -0.174. The summed E-state index contributed by atoms with van der Waals surface area (Å²) in [5.74, 6) is 0.884. The number of nitrogens with zero attached hydrogens (tertiary/aromatic N) is 3. The molecule has 0 unspecified atom stereocenters. The van der Waals surface area contributed by atoms with Gasteiger partial charge >= 0.3 is 0 Å². The number of aryl methyl sites for hydroxylation is 1. The van der Waals surface area contributed by atoms with Crippen LogP contribution in [0.4, 0.5) is 0 Å². The molecule has 0 atom stereocenters. The zero-order chi connectivity index (χ0) is 21.8. The van der Waals surface area contributed by atoms with Crippen LogP contribution in [0.5, 0.6) is 5.75 Å². The average Bonchev–Trinajstić information content (AvgIpc) is 3.22. The molecule has 1 fully saturated rings. The fraction of sp³-hybridized carbons (Fsp3) is 0.458. The number of aromatic nitrogens is 2. The maximum absolute atomic E-state index is 5.81. The van der Waals surface area contributed by atoms with Crippen molar-refractivity contribution in [1.82, 2.24) is 13.9 Å². The lowest BCUT2D eigenvalue weighted by atomic mass is 9.93. The summed E-state index contributed by atoms with van der Waals surface area (Å²) in [6.07, 6.45) is 6.84. The number of piperidine rings is 1. The maximum Gasteiger partial charge on any atom is 0.127 e. The Labute approximate surface area is 188 Å². The van der Waals surface area contributed by atoms with Gasteiger partial charge in [-0.25, -0.2) is 8.82 Å². The molecule has 0 bridgehead atoms. The van der Waals surface area contributed by atoms with Crippen LogP contribution in [0.1, 0.15) is 25.3 Å². The van der Waals surface area contributed by atoms with Crippen molar-refractivity contribution in [3.63, 3.8) is 0 Å². The largest absolute Gasteiger partial charge is 0.496 e. The molecule has 31 heavy (non-hydrogen) atoms. The summed E-state index contributed by atoms with van der Waals surface area (Å²) < 4.78 is 21.4. The molecule has 3 aromatic rings. The quantitative estimate of drug-likeness (QED) is 0.472. The Hall–Kier alpha value is -2.06. The first kappa shape index (κ1) is 22.1. The van der Waals surface area contributed by atoms with Crippen molar-refractivity contribution >= 4 is 17.5 Å². The van der Waals surface area contributed by atoms with Crippen molar-refractivity contribution in [3.05, 3.63) is 48.3 Å². The highest BCUT2D eigenvalue weighted by atomic mass is 32.2. The van der Waals surface area contributed by atoms with Crippen molar-refractivity contribution in [3.8, 4) is 16.9 Å². The molecule has 3 heterocycles. The van der Waals surface area contributed by atoms with E-state index in [0.29, 0.717) is 6.61 Å². The molecule has 6 nitrogen and oxygen atoms in total. The summed E-state index contributed by atoms with van der Waals surface area (Å²) in [4.78, 5) is 1.19. The second-order valence-electron chi connectivity index (χ2n) is 7.94. The third-order valence-corrected chi connectivity index (χ3v) is 7.34. The van der Waals surface area contributed by atoms with Gasteiger partial charge in [0.05, 0.1) is 31.0 Å². The predicted molar refractivity (Wildman–Crippen MR) is 125 cm³/mol. The lowest BCUT2D eigenvalue weighted by Gasteiger charge is -2.39. The van der Waals surface area contributed by atoms with Gasteiger partial charge in [-0.15, -0.1) is 0 Å². The fourth-order valence-corrected chi connectivity index (χ4v) is 5.39. The van der Waals surface area contributed by atoms with Gasteiger partial charge in [0.15, 0.2) is 0 Å². The Balaban J connectivity index is 1.63. The zero-order valence-electron chi connectivity index (χ0n) is 18.8. The van der Waals surface area contributed by atoms with Crippen LogP contribution in [0.3, 0.4) is 0 Å². The number of ether oxygens (including phenoxy) is 3. The maximum atomic E-state index is 5.81. The number of pyridine rings is 1. The molecular weight excluding hydrogens is 410 g/mol. The van der Waals surface area contributed by atoms with E-state index in [1.807, 2.05) is 23.0 Å². The average molecular weight is 442 g/mol. The molecule has 0 saturated carbocycles. The van der Waals surface area contributed by atoms with E-state index in [-0.39, 0.29) is 5.60 Å². The van der Waals surface area contributed by atoms with Crippen molar-refractivity contribution < 1.29 is 14.2 Å². The summed E-state index contributed by atoms with van der Waals surface area (Å²) >= 11 is 1.80. The molecular formula is C24H31N3O3S. The molecule has 0 aliphatic carbocycles. The molecule has 1 aromatic carbocycles. The van der Waals surface area contributed by atoms with Crippen molar-refractivity contribution in [2.45, 2.75) is 36.7 Å². The second kappa shape index (κ2) is 9.61. The first-order valence-electron chi connectivity index (χ1n) is 10.7. The number of rotatable bonds is 8. The van der Waals surface area contributed by atoms with Gasteiger partial charge in [-0.05, 0) is 66.6 Å². The van der Waals surface area contributed by atoms with E-state index in [9.17, 15) is 0 Å². The van der Waals surface area contributed by atoms with E-state index in [1.54, 1.807) is 33.3 Å². The molecule has 166 valence electrons. The summed E-state index contributed by atoms with van der Waals surface area (Å²) in [6, 6.07) is 10.6.